The van der Waals surface area contributed by atoms with E-state index in [9.17, 15) is 18.5 Å². The summed E-state index contributed by atoms with van der Waals surface area (Å²) in [7, 11) is -3.20. The smallest absolute Gasteiger partial charge is 0.269 e. The minimum Gasteiger partial charge on any atom is -0.381 e. The minimum atomic E-state index is -3.20. The molecule has 1 N–H and O–H groups in total. The second-order valence-electron chi connectivity index (χ2n) is 4.58. The zero-order valence-electron chi connectivity index (χ0n) is 11.3. The summed E-state index contributed by atoms with van der Waals surface area (Å²) in [5.74, 6) is 0. The average molecular weight is 306 g/mol. The Morgan fingerprint density at radius 2 is 1.81 bits per heavy atom. The number of hydrogen-bond acceptors (Lipinski definition) is 5. The Labute approximate surface area is 122 Å². The Kier molecular flexibility index (Phi) is 4.23. The molecule has 0 atom stereocenters. The molecule has 0 heterocycles. The molecular formula is C14H14N2O4S. The molecule has 0 spiro atoms. The molecule has 2 aromatic rings. The van der Waals surface area contributed by atoms with Crippen LogP contribution in [0, 0.1) is 10.1 Å². The molecule has 6 nitrogen and oxygen atoms in total. The Hall–Kier alpha value is -2.41. The third kappa shape index (κ3) is 4.03. The van der Waals surface area contributed by atoms with E-state index in [1.807, 2.05) is 0 Å². The standard InChI is InChI=1S/C14H14N2O4S/c1-21(19,20)14-7-5-12(6-8-14)15-10-11-3-2-4-13(9-11)16(17)18/h2-9,15H,10H2,1H3. The van der Waals surface area contributed by atoms with Gasteiger partial charge in [0.15, 0.2) is 9.84 Å². The molecule has 110 valence electrons. The van der Waals surface area contributed by atoms with E-state index in [2.05, 4.69) is 5.32 Å². The van der Waals surface area contributed by atoms with Crippen LogP contribution in [0.4, 0.5) is 11.4 Å². The number of nitro groups is 1. The Morgan fingerprint density at radius 1 is 1.14 bits per heavy atom. The highest BCUT2D eigenvalue weighted by molar-refractivity contribution is 7.90. The maximum Gasteiger partial charge on any atom is 0.269 e. The molecule has 0 aliphatic heterocycles. The second kappa shape index (κ2) is 5.92. The first kappa shape index (κ1) is 15.0. The summed E-state index contributed by atoms with van der Waals surface area (Å²) in [6, 6.07) is 12.7. The average Bonchev–Trinajstić information content (AvgIpc) is 2.45. The van der Waals surface area contributed by atoms with E-state index in [0.717, 1.165) is 17.5 Å². The van der Waals surface area contributed by atoms with Crippen molar-refractivity contribution in [2.75, 3.05) is 11.6 Å². The zero-order chi connectivity index (χ0) is 15.5. The molecule has 21 heavy (non-hydrogen) atoms. The van der Waals surface area contributed by atoms with Crippen LogP contribution >= 0.6 is 0 Å². The monoisotopic (exact) mass is 306 g/mol. The third-order valence-corrected chi connectivity index (χ3v) is 4.03. The van der Waals surface area contributed by atoms with E-state index >= 15 is 0 Å². The van der Waals surface area contributed by atoms with Gasteiger partial charge in [0.2, 0.25) is 0 Å². The number of rotatable bonds is 5. The van der Waals surface area contributed by atoms with E-state index in [-0.39, 0.29) is 10.6 Å². The van der Waals surface area contributed by atoms with Gasteiger partial charge in [0, 0.05) is 30.6 Å². The number of nitrogens with one attached hydrogen (secondary N) is 1. The van der Waals surface area contributed by atoms with Gasteiger partial charge in [-0.15, -0.1) is 0 Å². The number of nitrogens with zero attached hydrogens (tertiary/aromatic N) is 1. The second-order valence-corrected chi connectivity index (χ2v) is 6.59. The molecule has 0 unspecified atom stereocenters. The highest BCUT2D eigenvalue weighted by Crippen LogP contribution is 2.17. The van der Waals surface area contributed by atoms with Crippen LogP contribution in [0.25, 0.3) is 0 Å². The molecule has 0 aliphatic rings. The molecule has 0 aromatic heterocycles. The van der Waals surface area contributed by atoms with Crippen molar-refractivity contribution in [2.45, 2.75) is 11.4 Å². The van der Waals surface area contributed by atoms with Crippen molar-refractivity contribution in [1.29, 1.82) is 0 Å². The van der Waals surface area contributed by atoms with Crippen LogP contribution in [0.15, 0.2) is 53.4 Å². The maximum atomic E-state index is 11.3. The topological polar surface area (TPSA) is 89.3 Å². The van der Waals surface area contributed by atoms with Crippen molar-refractivity contribution >= 4 is 21.2 Å². The van der Waals surface area contributed by atoms with E-state index in [4.69, 9.17) is 0 Å². The first-order chi connectivity index (χ1) is 9.86. The maximum absolute atomic E-state index is 11.3. The normalized spacial score (nSPS) is 11.1. The largest absolute Gasteiger partial charge is 0.381 e. The molecule has 0 amide bonds. The summed E-state index contributed by atoms with van der Waals surface area (Å²) in [4.78, 5) is 10.5. The summed E-state index contributed by atoms with van der Waals surface area (Å²) in [5.41, 5.74) is 1.56. The predicted molar refractivity (Wildman–Crippen MR) is 80.0 cm³/mol. The molecule has 0 aliphatic carbocycles. The molecule has 2 aromatic carbocycles. The van der Waals surface area contributed by atoms with Gasteiger partial charge in [0.1, 0.15) is 0 Å². The summed E-state index contributed by atoms with van der Waals surface area (Å²) in [6.45, 7) is 0.417. The van der Waals surface area contributed by atoms with Crippen molar-refractivity contribution in [1.82, 2.24) is 0 Å². The molecule has 0 bridgehead atoms. The molecule has 2 rings (SSSR count). The van der Waals surface area contributed by atoms with Gasteiger partial charge in [-0.2, -0.15) is 0 Å². The number of benzene rings is 2. The number of hydrogen-bond donors (Lipinski definition) is 1. The fourth-order valence-corrected chi connectivity index (χ4v) is 2.43. The number of anilines is 1. The highest BCUT2D eigenvalue weighted by atomic mass is 32.2. The summed E-state index contributed by atoms with van der Waals surface area (Å²) < 4.78 is 22.7. The van der Waals surface area contributed by atoms with Crippen molar-refractivity contribution in [3.63, 3.8) is 0 Å². The third-order valence-electron chi connectivity index (χ3n) is 2.90. The Morgan fingerprint density at radius 3 is 2.38 bits per heavy atom. The van der Waals surface area contributed by atoms with Gasteiger partial charge in [0.05, 0.1) is 9.82 Å². The number of nitro benzene ring substituents is 1. The van der Waals surface area contributed by atoms with Gasteiger partial charge < -0.3 is 5.32 Å². The number of non-ortho nitro benzene ring substituents is 1. The van der Waals surface area contributed by atoms with Crippen LogP contribution in [0.2, 0.25) is 0 Å². The fourth-order valence-electron chi connectivity index (χ4n) is 1.80. The fraction of sp³-hybridized carbons (Fsp3) is 0.143. The lowest BCUT2D eigenvalue weighted by Crippen LogP contribution is -2.01. The first-order valence-corrected chi connectivity index (χ1v) is 8.03. The van der Waals surface area contributed by atoms with Crippen LogP contribution < -0.4 is 5.32 Å². The number of sulfone groups is 1. The van der Waals surface area contributed by atoms with Crippen LogP contribution in [0.1, 0.15) is 5.56 Å². The molecular weight excluding hydrogens is 292 g/mol. The lowest BCUT2D eigenvalue weighted by atomic mass is 10.2. The van der Waals surface area contributed by atoms with Crippen molar-refractivity contribution < 1.29 is 13.3 Å². The lowest BCUT2D eigenvalue weighted by Gasteiger charge is -2.07. The van der Waals surface area contributed by atoms with E-state index in [1.54, 1.807) is 24.3 Å². The van der Waals surface area contributed by atoms with Crippen molar-refractivity contribution in [3.8, 4) is 0 Å². The Bertz CT molecular complexity index is 755. The van der Waals surface area contributed by atoms with Gasteiger partial charge >= 0.3 is 0 Å². The van der Waals surface area contributed by atoms with Crippen LogP contribution in [0.5, 0.6) is 0 Å². The molecule has 0 fully saturated rings. The highest BCUT2D eigenvalue weighted by Gasteiger charge is 2.07. The molecule has 7 heteroatoms. The lowest BCUT2D eigenvalue weighted by molar-refractivity contribution is -0.384. The predicted octanol–water partition coefficient (Wildman–Crippen LogP) is 2.61. The van der Waals surface area contributed by atoms with Gasteiger partial charge in [-0.3, -0.25) is 10.1 Å². The summed E-state index contributed by atoms with van der Waals surface area (Å²) in [6.07, 6.45) is 1.15. The summed E-state index contributed by atoms with van der Waals surface area (Å²) in [5, 5.41) is 13.8. The van der Waals surface area contributed by atoms with Gasteiger partial charge in [-0.1, -0.05) is 12.1 Å². The van der Waals surface area contributed by atoms with Gasteiger partial charge in [-0.25, -0.2) is 8.42 Å². The van der Waals surface area contributed by atoms with E-state index in [0.29, 0.717) is 6.54 Å². The van der Waals surface area contributed by atoms with Gasteiger partial charge in [0.25, 0.3) is 5.69 Å². The molecule has 0 saturated heterocycles. The zero-order valence-corrected chi connectivity index (χ0v) is 12.1. The van der Waals surface area contributed by atoms with Crippen LogP contribution in [-0.2, 0) is 16.4 Å². The van der Waals surface area contributed by atoms with Crippen molar-refractivity contribution in [2.24, 2.45) is 0 Å². The Balaban J connectivity index is 2.06. The van der Waals surface area contributed by atoms with E-state index < -0.39 is 14.8 Å². The van der Waals surface area contributed by atoms with Crippen molar-refractivity contribution in [3.05, 3.63) is 64.2 Å². The van der Waals surface area contributed by atoms with Gasteiger partial charge in [-0.05, 0) is 29.8 Å². The first-order valence-electron chi connectivity index (χ1n) is 6.13. The van der Waals surface area contributed by atoms with Crippen LogP contribution in [0.3, 0.4) is 0 Å². The van der Waals surface area contributed by atoms with E-state index in [1.165, 1.54) is 24.3 Å². The van der Waals surface area contributed by atoms with Crippen LogP contribution in [-0.4, -0.2) is 19.6 Å². The SMILES string of the molecule is CS(=O)(=O)c1ccc(NCc2cccc([N+](=O)[O-])c2)cc1. The summed E-state index contributed by atoms with van der Waals surface area (Å²) >= 11 is 0. The molecule has 0 radical (unpaired) electrons. The molecule has 0 saturated carbocycles. The quantitative estimate of drug-likeness (QED) is 0.677. The minimum absolute atomic E-state index is 0.0433.